The molecule has 0 saturated heterocycles. The zero-order chi connectivity index (χ0) is 14.3. The highest BCUT2D eigenvalue weighted by atomic mass is 14.2. The lowest BCUT2D eigenvalue weighted by Crippen LogP contribution is -2.10. The Morgan fingerprint density at radius 3 is 1.95 bits per heavy atom. The van der Waals surface area contributed by atoms with E-state index >= 15 is 0 Å². The van der Waals surface area contributed by atoms with Crippen molar-refractivity contribution in [3.63, 3.8) is 0 Å². The van der Waals surface area contributed by atoms with Crippen LogP contribution in [0.2, 0.25) is 0 Å². The molecule has 0 aromatic heterocycles. The Morgan fingerprint density at radius 2 is 1.58 bits per heavy atom. The second-order valence-electron chi connectivity index (χ2n) is 6.93. The van der Waals surface area contributed by atoms with E-state index in [2.05, 4.69) is 46.8 Å². The molecule has 0 aliphatic heterocycles. The molecule has 0 heterocycles. The van der Waals surface area contributed by atoms with Crippen molar-refractivity contribution in [3.8, 4) is 0 Å². The van der Waals surface area contributed by atoms with Crippen LogP contribution in [-0.4, -0.2) is 0 Å². The summed E-state index contributed by atoms with van der Waals surface area (Å²) < 4.78 is 0. The Hall–Kier alpha value is -0.520. The van der Waals surface area contributed by atoms with E-state index in [1.165, 1.54) is 44.9 Å². The van der Waals surface area contributed by atoms with Gasteiger partial charge in [-0.3, -0.25) is 0 Å². The first-order chi connectivity index (χ1) is 9.02. The maximum Gasteiger partial charge on any atom is -0.0317 e. The summed E-state index contributed by atoms with van der Waals surface area (Å²) in [5.74, 6) is 2.83. The van der Waals surface area contributed by atoms with Crippen LogP contribution < -0.4 is 0 Å². The maximum atomic E-state index is 2.41. The molecule has 0 aromatic carbocycles. The first kappa shape index (κ1) is 16.5. The SMILES string of the molecule is CC1=CC[C@H](C(C)C)CC1.CC[C@@H]1CC=C(C)CC1. The summed E-state index contributed by atoms with van der Waals surface area (Å²) in [5.41, 5.74) is 3.19. The van der Waals surface area contributed by atoms with E-state index in [1.54, 1.807) is 11.1 Å². The van der Waals surface area contributed by atoms with E-state index in [4.69, 9.17) is 0 Å². The van der Waals surface area contributed by atoms with Crippen LogP contribution >= 0.6 is 0 Å². The lowest BCUT2D eigenvalue weighted by atomic mass is 9.83. The van der Waals surface area contributed by atoms with Crippen LogP contribution in [0.5, 0.6) is 0 Å². The van der Waals surface area contributed by atoms with Gasteiger partial charge in [0.15, 0.2) is 0 Å². The second kappa shape index (κ2) is 8.61. The Bertz CT molecular complexity index is 306. The van der Waals surface area contributed by atoms with Crippen LogP contribution in [0.25, 0.3) is 0 Å². The zero-order valence-corrected chi connectivity index (χ0v) is 13.8. The summed E-state index contributed by atoms with van der Waals surface area (Å²) in [7, 11) is 0. The van der Waals surface area contributed by atoms with E-state index in [0.29, 0.717) is 0 Å². The summed E-state index contributed by atoms with van der Waals surface area (Å²) in [6, 6.07) is 0. The molecule has 0 amide bonds. The minimum absolute atomic E-state index is 0.879. The van der Waals surface area contributed by atoms with Gasteiger partial charge < -0.3 is 0 Å². The van der Waals surface area contributed by atoms with Crippen LogP contribution in [-0.2, 0) is 0 Å². The van der Waals surface area contributed by atoms with Gasteiger partial charge in [-0.15, -0.1) is 0 Å². The van der Waals surface area contributed by atoms with E-state index in [1.807, 2.05) is 0 Å². The standard InChI is InChI=1S/C10H18.C9H16/c1-8(2)10-6-4-9(3)5-7-10;1-3-9-6-4-8(2)5-7-9/h4,8,10H,5-7H2,1-3H3;4,9H,3,5-7H2,1-2H3/t10-;9-/m01/s1. The van der Waals surface area contributed by atoms with Gasteiger partial charge in [0.05, 0.1) is 0 Å². The van der Waals surface area contributed by atoms with Crippen molar-refractivity contribution in [2.24, 2.45) is 17.8 Å². The Balaban J connectivity index is 0.000000191. The van der Waals surface area contributed by atoms with Gasteiger partial charge in [0.1, 0.15) is 0 Å². The smallest absolute Gasteiger partial charge is 0.0317 e. The van der Waals surface area contributed by atoms with Crippen molar-refractivity contribution >= 4 is 0 Å². The molecule has 110 valence electrons. The predicted molar refractivity (Wildman–Crippen MR) is 87.3 cm³/mol. The highest BCUT2D eigenvalue weighted by Crippen LogP contribution is 2.28. The maximum absolute atomic E-state index is 2.41. The van der Waals surface area contributed by atoms with Gasteiger partial charge in [-0.25, -0.2) is 0 Å². The molecular weight excluding hydrogens is 228 g/mol. The summed E-state index contributed by atoms with van der Waals surface area (Å²) in [4.78, 5) is 0. The van der Waals surface area contributed by atoms with E-state index in [-0.39, 0.29) is 0 Å². The fourth-order valence-corrected chi connectivity index (χ4v) is 2.98. The van der Waals surface area contributed by atoms with Crippen LogP contribution in [0.4, 0.5) is 0 Å². The lowest BCUT2D eigenvalue weighted by Gasteiger charge is -2.23. The molecule has 19 heavy (non-hydrogen) atoms. The molecule has 2 aliphatic carbocycles. The van der Waals surface area contributed by atoms with Crippen molar-refractivity contribution in [1.29, 1.82) is 0 Å². The molecule has 0 heteroatoms. The Labute approximate surface area is 121 Å². The quantitative estimate of drug-likeness (QED) is 0.496. The average molecular weight is 262 g/mol. The third kappa shape index (κ3) is 6.45. The predicted octanol–water partition coefficient (Wildman–Crippen LogP) is 6.53. The highest BCUT2D eigenvalue weighted by molar-refractivity contribution is 5.03. The van der Waals surface area contributed by atoms with Gasteiger partial charge in [-0.2, -0.15) is 0 Å². The lowest BCUT2D eigenvalue weighted by molar-refractivity contribution is 0.350. The molecule has 0 unspecified atom stereocenters. The molecule has 0 nitrogen and oxygen atoms in total. The van der Waals surface area contributed by atoms with Gasteiger partial charge in [0.2, 0.25) is 0 Å². The number of allylic oxidation sites excluding steroid dienone is 4. The number of hydrogen-bond acceptors (Lipinski definition) is 0. The second-order valence-corrected chi connectivity index (χ2v) is 6.93. The van der Waals surface area contributed by atoms with Crippen LogP contribution in [0.1, 0.15) is 79.6 Å². The van der Waals surface area contributed by atoms with Gasteiger partial charge in [-0.1, -0.05) is 50.5 Å². The van der Waals surface area contributed by atoms with Gasteiger partial charge in [0.25, 0.3) is 0 Å². The Morgan fingerprint density at radius 1 is 1.00 bits per heavy atom. The summed E-state index contributed by atoms with van der Waals surface area (Å²) in [5, 5.41) is 0. The number of hydrogen-bond donors (Lipinski definition) is 0. The molecule has 0 bridgehead atoms. The normalized spacial score (nSPS) is 27.3. The zero-order valence-electron chi connectivity index (χ0n) is 13.8. The molecule has 0 radical (unpaired) electrons. The molecule has 0 saturated carbocycles. The summed E-state index contributed by atoms with van der Waals surface area (Å²) in [6.45, 7) is 11.4. The van der Waals surface area contributed by atoms with Crippen molar-refractivity contribution in [1.82, 2.24) is 0 Å². The average Bonchev–Trinajstić information content (AvgIpc) is 2.41. The van der Waals surface area contributed by atoms with E-state index in [9.17, 15) is 0 Å². The van der Waals surface area contributed by atoms with Crippen LogP contribution in [0.3, 0.4) is 0 Å². The summed E-state index contributed by atoms with van der Waals surface area (Å²) >= 11 is 0. The van der Waals surface area contributed by atoms with E-state index in [0.717, 1.165) is 17.8 Å². The first-order valence-corrected chi connectivity index (χ1v) is 8.34. The molecular formula is C19H34. The third-order valence-electron chi connectivity index (χ3n) is 4.95. The minimum atomic E-state index is 0.879. The molecule has 0 fully saturated rings. The van der Waals surface area contributed by atoms with Crippen LogP contribution in [0.15, 0.2) is 23.3 Å². The number of rotatable bonds is 2. The van der Waals surface area contributed by atoms with Crippen molar-refractivity contribution in [2.45, 2.75) is 79.6 Å². The Kier molecular flexibility index (Phi) is 7.49. The summed E-state index contributed by atoms with van der Waals surface area (Å²) in [6.07, 6.45) is 14.4. The molecule has 2 rings (SSSR count). The molecule has 0 N–H and O–H groups in total. The first-order valence-electron chi connectivity index (χ1n) is 8.34. The molecule has 2 aliphatic rings. The van der Waals surface area contributed by atoms with Gasteiger partial charge in [-0.05, 0) is 70.1 Å². The fourth-order valence-electron chi connectivity index (χ4n) is 2.98. The monoisotopic (exact) mass is 262 g/mol. The molecule has 2 atom stereocenters. The topological polar surface area (TPSA) is 0 Å². The van der Waals surface area contributed by atoms with Crippen molar-refractivity contribution < 1.29 is 0 Å². The largest absolute Gasteiger partial charge is 0.0853 e. The van der Waals surface area contributed by atoms with Crippen molar-refractivity contribution in [2.75, 3.05) is 0 Å². The van der Waals surface area contributed by atoms with Crippen LogP contribution in [0, 0.1) is 17.8 Å². The van der Waals surface area contributed by atoms with E-state index < -0.39 is 0 Å². The molecule has 0 aromatic rings. The third-order valence-corrected chi connectivity index (χ3v) is 4.95. The minimum Gasteiger partial charge on any atom is -0.0853 e. The van der Waals surface area contributed by atoms with Gasteiger partial charge in [0, 0.05) is 0 Å². The van der Waals surface area contributed by atoms with Gasteiger partial charge >= 0.3 is 0 Å². The fraction of sp³-hybridized carbons (Fsp3) is 0.789. The van der Waals surface area contributed by atoms with Crippen molar-refractivity contribution in [3.05, 3.63) is 23.3 Å². The highest BCUT2D eigenvalue weighted by Gasteiger charge is 2.15. The molecule has 0 spiro atoms.